The van der Waals surface area contributed by atoms with Gasteiger partial charge in [0.05, 0.1) is 36.6 Å². The first-order valence-corrected chi connectivity index (χ1v) is 12.2. The summed E-state index contributed by atoms with van der Waals surface area (Å²) < 4.78 is 43.5. The molecule has 2 atom stereocenters. The van der Waals surface area contributed by atoms with Crippen LogP contribution in [0.15, 0.2) is 48.5 Å². The molecule has 0 radical (unpaired) electrons. The Morgan fingerprint density at radius 3 is 2.23 bits per heavy atom. The number of benzene rings is 2. The number of hydrogen-bond donors (Lipinski definition) is 3. The van der Waals surface area contributed by atoms with Crippen LogP contribution in [0.25, 0.3) is 11.8 Å². The van der Waals surface area contributed by atoms with Crippen molar-refractivity contribution in [1.82, 2.24) is 14.7 Å². The normalized spacial score (nSPS) is 13.2. The first kappa shape index (κ1) is 29.6. The maximum Gasteiger partial charge on any atom is 0.305 e. The molecule has 1 aromatic heterocycles. The Bertz CT molecular complexity index is 1330. The van der Waals surface area contributed by atoms with E-state index in [4.69, 9.17) is 5.11 Å². The molecule has 0 unspecified atom stereocenters. The van der Waals surface area contributed by atoms with Gasteiger partial charge in [-0.3, -0.25) is 9.59 Å². The van der Waals surface area contributed by atoms with E-state index in [9.17, 15) is 33.0 Å². The molecule has 39 heavy (non-hydrogen) atoms. The SMILES string of the molecule is CC(C)c1c(C(=O)N(C)Cc2c(F)cccc2F)nn(-c2ccc(F)cc2)c1C=C[C@@H](O)C[C@@H](O)CC(=O)O. The fourth-order valence-electron chi connectivity index (χ4n) is 4.13. The Morgan fingerprint density at radius 2 is 1.67 bits per heavy atom. The van der Waals surface area contributed by atoms with Gasteiger partial charge in [-0.15, -0.1) is 0 Å². The van der Waals surface area contributed by atoms with Gasteiger partial charge in [0.1, 0.15) is 17.5 Å². The Morgan fingerprint density at radius 1 is 1.05 bits per heavy atom. The maximum atomic E-state index is 14.2. The summed E-state index contributed by atoms with van der Waals surface area (Å²) in [6, 6.07) is 8.75. The molecule has 3 aromatic rings. The van der Waals surface area contributed by atoms with E-state index in [0.29, 0.717) is 16.9 Å². The van der Waals surface area contributed by atoms with Crippen LogP contribution in [0, 0.1) is 17.5 Å². The lowest BCUT2D eigenvalue weighted by molar-refractivity contribution is -0.139. The summed E-state index contributed by atoms with van der Waals surface area (Å²) >= 11 is 0. The summed E-state index contributed by atoms with van der Waals surface area (Å²) in [7, 11) is 1.39. The number of aliphatic hydroxyl groups excluding tert-OH is 2. The molecule has 2 aromatic carbocycles. The number of aliphatic carboxylic acids is 1. The van der Waals surface area contributed by atoms with Gasteiger partial charge in [-0.05, 0) is 48.4 Å². The Balaban J connectivity index is 2.05. The molecule has 0 aliphatic heterocycles. The van der Waals surface area contributed by atoms with Crippen LogP contribution < -0.4 is 0 Å². The van der Waals surface area contributed by atoms with Crippen LogP contribution in [-0.2, 0) is 11.3 Å². The van der Waals surface area contributed by atoms with E-state index in [1.165, 1.54) is 54.2 Å². The van der Waals surface area contributed by atoms with Crippen molar-refractivity contribution in [2.75, 3.05) is 7.05 Å². The Hall–Kier alpha value is -3.96. The minimum absolute atomic E-state index is 0.00590. The van der Waals surface area contributed by atoms with E-state index >= 15 is 0 Å². The third kappa shape index (κ3) is 7.33. The van der Waals surface area contributed by atoms with Crippen molar-refractivity contribution in [3.63, 3.8) is 0 Å². The average Bonchev–Trinajstić information content (AvgIpc) is 3.24. The largest absolute Gasteiger partial charge is 0.481 e. The van der Waals surface area contributed by atoms with Gasteiger partial charge in [-0.25, -0.2) is 17.9 Å². The van der Waals surface area contributed by atoms with Gasteiger partial charge in [-0.1, -0.05) is 26.0 Å². The van der Waals surface area contributed by atoms with Gasteiger partial charge in [0.15, 0.2) is 5.69 Å². The molecule has 1 amide bonds. The number of carboxylic acids is 1. The third-order valence-electron chi connectivity index (χ3n) is 6.01. The number of carbonyl (C=O) groups is 2. The number of rotatable bonds is 11. The number of carboxylic acid groups (broad SMARTS) is 1. The highest BCUT2D eigenvalue weighted by molar-refractivity contribution is 5.95. The molecule has 8 nitrogen and oxygen atoms in total. The number of carbonyl (C=O) groups excluding carboxylic acids is 1. The summed E-state index contributed by atoms with van der Waals surface area (Å²) in [6.45, 7) is 3.26. The highest BCUT2D eigenvalue weighted by Gasteiger charge is 2.28. The lowest BCUT2D eigenvalue weighted by Crippen LogP contribution is -2.28. The van der Waals surface area contributed by atoms with Gasteiger partial charge in [-0.2, -0.15) is 5.10 Å². The Labute approximate surface area is 223 Å². The standard InChI is InChI=1S/C28H30F3N3O5/c1-16(2)26-24(12-11-19(35)13-20(36)14-25(37)38)34(18-9-7-17(29)8-10-18)32-27(26)28(39)33(3)15-21-22(30)5-4-6-23(21)31/h4-12,16,19-20,35-36H,13-15H2,1-3H3,(H,37,38)/t19-,20-/m1/s1. The molecule has 11 heteroatoms. The monoisotopic (exact) mass is 545 g/mol. The molecule has 1 heterocycles. The van der Waals surface area contributed by atoms with Crippen molar-refractivity contribution in [3.8, 4) is 5.69 Å². The van der Waals surface area contributed by atoms with Crippen molar-refractivity contribution in [2.45, 2.75) is 51.4 Å². The van der Waals surface area contributed by atoms with Gasteiger partial charge in [0.25, 0.3) is 5.91 Å². The van der Waals surface area contributed by atoms with E-state index in [2.05, 4.69) is 5.10 Å². The zero-order chi connectivity index (χ0) is 28.9. The van der Waals surface area contributed by atoms with E-state index in [0.717, 1.165) is 17.0 Å². The zero-order valence-electron chi connectivity index (χ0n) is 21.7. The predicted molar refractivity (Wildman–Crippen MR) is 138 cm³/mol. The van der Waals surface area contributed by atoms with Crippen molar-refractivity contribution in [3.05, 3.63) is 88.5 Å². The molecule has 0 spiro atoms. The highest BCUT2D eigenvalue weighted by atomic mass is 19.1. The lowest BCUT2D eigenvalue weighted by atomic mass is 9.98. The van der Waals surface area contributed by atoms with E-state index in [1.807, 2.05) is 13.8 Å². The quantitative estimate of drug-likeness (QED) is 0.331. The van der Waals surface area contributed by atoms with Crippen molar-refractivity contribution < 1.29 is 38.1 Å². The van der Waals surface area contributed by atoms with Crippen LogP contribution in [0.3, 0.4) is 0 Å². The second kappa shape index (κ2) is 12.7. The smallest absolute Gasteiger partial charge is 0.305 e. The number of halogens is 3. The first-order chi connectivity index (χ1) is 18.4. The van der Waals surface area contributed by atoms with Crippen molar-refractivity contribution >= 4 is 18.0 Å². The van der Waals surface area contributed by atoms with Crippen LogP contribution in [0.5, 0.6) is 0 Å². The molecule has 208 valence electrons. The predicted octanol–water partition coefficient (Wildman–Crippen LogP) is 4.29. The third-order valence-corrected chi connectivity index (χ3v) is 6.01. The van der Waals surface area contributed by atoms with Gasteiger partial charge >= 0.3 is 5.97 Å². The molecule has 3 N–H and O–H groups in total. The molecule has 0 saturated heterocycles. The fourth-order valence-corrected chi connectivity index (χ4v) is 4.13. The van der Waals surface area contributed by atoms with Crippen molar-refractivity contribution in [1.29, 1.82) is 0 Å². The minimum Gasteiger partial charge on any atom is -0.481 e. The summed E-state index contributed by atoms with van der Waals surface area (Å²) in [6.07, 6.45) is -0.464. The molecule has 0 saturated carbocycles. The topological polar surface area (TPSA) is 116 Å². The second-order valence-electron chi connectivity index (χ2n) is 9.47. The van der Waals surface area contributed by atoms with Crippen LogP contribution in [-0.4, -0.2) is 61.1 Å². The molecular weight excluding hydrogens is 515 g/mol. The minimum atomic E-state index is -1.28. The molecule has 3 rings (SSSR count). The number of aliphatic hydroxyl groups is 2. The molecule has 0 aliphatic rings. The number of amides is 1. The van der Waals surface area contributed by atoms with Crippen LogP contribution in [0.4, 0.5) is 13.2 Å². The van der Waals surface area contributed by atoms with Crippen LogP contribution in [0.2, 0.25) is 0 Å². The second-order valence-corrected chi connectivity index (χ2v) is 9.47. The number of hydrogen-bond acceptors (Lipinski definition) is 5. The lowest BCUT2D eigenvalue weighted by Gasteiger charge is -2.18. The maximum absolute atomic E-state index is 14.2. The number of nitrogens with zero attached hydrogens (tertiary/aromatic N) is 3. The molecular formula is C28H30F3N3O5. The summed E-state index contributed by atoms with van der Waals surface area (Å²) in [4.78, 5) is 25.5. The average molecular weight is 546 g/mol. The zero-order valence-corrected chi connectivity index (χ0v) is 21.7. The van der Waals surface area contributed by atoms with Crippen LogP contribution in [0.1, 0.15) is 59.9 Å². The molecule has 0 aliphatic carbocycles. The van der Waals surface area contributed by atoms with E-state index in [1.54, 1.807) is 0 Å². The fraction of sp³-hybridized carbons (Fsp3) is 0.321. The van der Waals surface area contributed by atoms with E-state index in [-0.39, 0.29) is 30.1 Å². The van der Waals surface area contributed by atoms with E-state index < -0.39 is 48.0 Å². The highest BCUT2D eigenvalue weighted by Crippen LogP contribution is 2.29. The molecule has 0 bridgehead atoms. The summed E-state index contributed by atoms with van der Waals surface area (Å²) in [5, 5.41) is 33.5. The molecule has 0 fully saturated rings. The van der Waals surface area contributed by atoms with Gasteiger partial charge < -0.3 is 20.2 Å². The summed E-state index contributed by atoms with van der Waals surface area (Å²) in [5.74, 6) is -4.19. The first-order valence-electron chi connectivity index (χ1n) is 12.2. The van der Waals surface area contributed by atoms with Crippen molar-refractivity contribution in [2.24, 2.45) is 0 Å². The van der Waals surface area contributed by atoms with Gasteiger partial charge in [0, 0.05) is 24.6 Å². The van der Waals surface area contributed by atoms with Gasteiger partial charge in [0.2, 0.25) is 0 Å². The Kier molecular flexibility index (Phi) is 9.66. The number of aromatic nitrogens is 2. The van der Waals surface area contributed by atoms with Crippen LogP contribution >= 0.6 is 0 Å². The summed E-state index contributed by atoms with van der Waals surface area (Å²) in [5.41, 5.74) is 0.950.